The molecule has 0 radical (unpaired) electrons. The standard InChI is InChI=1S/C25H30ClFN2O2S/c1-2-23(25(31)28-22-5-3-4-6-22)29(15-18-7-11-20(26)12-8-18)24(30)17-32-16-19-9-13-21(27)14-10-19/h7-14,22-23H,2-6,15-17H2,1H3,(H,28,31). The SMILES string of the molecule is CCC(C(=O)NC1CCCC1)N(Cc1ccc(Cl)cc1)C(=O)CSCc1ccc(F)cc1. The summed E-state index contributed by atoms with van der Waals surface area (Å²) >= 11 is 7.48. The first kappa shape index (κ1) is 24.6. The van der Waals surface area contributed by atoms with Gasteiger partial charge in [0, 0.05) is 23.4 Å². The van der Waals surface area contributed by atoms with E-state index in [0.29, 0.717) is 23.7 Å². The molecule has 1 aliphatic rings. The van der Waals surface area contributed by atoms with E-state index in [4.69, 9.17) is 11.6 Å². The molecule has 0 spiro atoms. The number of nitrogens with one attached hydrogen (secondary N) is 1. The van der Waals surface area contributed by atoms with Crippen molar-refractivity contribution in [3.8, 4) is 0 Å². The van der Waals surface area contributed by atoms with Crippen LogP contribution in [0.25, 0.3) is 0 Å². The average Bonchev–Trinajstić information content (AvgIpc) is 3.29. The third kappa shape index (κ3) is 7.24. The molecule has 172 valence electrons. The van der Waals surface area contributed by atoms with Crippen LogP contribution < -0.4 is 5.32 Å². The Morgan fingerprint density at radius 1 is 1.09 bits per heavy atom. The highest BCUT2D eigenvalue weighted by Gasteiger charge is 2.30. The summed E-state index contributed by atoms with van der Waals surface area (Å²) in [7, 11) is 0. The number of rotatable bonds is 10. The van der Waals surface area contributed by atoms with Crippen molar-refractivity contribution in [1.82, 2.24) is 10.2 Å². The summed E-state index contributed by atoms with van der Waals surface area (Å²) in [6.07, 6.45) is 4.81. The zero-order valence-electron chi connectivity index (χ0n) is 18.4. The van der Waals surface area contributed by atoms with Crippen LogP contribution in [0.1, 0.15) is 50.2 Å². The Kier molecular flexibility index (Phi) is 9.42. The smallest absolute Gasteiger partial charge is 0.243 e. The van der Waals surface area contributed by atoms with Crippen LogP contribution in [0.5, 0.6) is 0 Å². The molecule has 1 aliphatic carbocycles. The number of carbonyl (C=O) groups excluding carboxylic acids is 2. The van der Waals surface area contributed by atoms with Gasteiger partial charge in [-0.3, -0.25) is 9.59 Å². The Hall–Kier alpha value is -2.05. The number of thioether (sulfide) groups is 1. The van der Waals surface area contributed by atoms with E-state index in [0.717, 1.165) is 36.8 Å². The van der Waals surface area contributed by atoms with E-state index in [2.05, 4.69) is 5.32 Å². The summed E-state index contributed by atoms with van der Waals surface area (Å²) in [5.41, 5.74) is 1.89. The van der Waals surface area contributed by atoms with Crippen LogP contribution in [-0.2, 0) is 21.9 Å². The van der Waals surface area contributed by atoms with Crippen molar-refractivity contribution in [3.05, 3.63) is 70.5 Å². The number of benzene rings is 2. The lowest BCUT2D eigenvalue weighted by atomic mass is 10.1. The van der Waals surface area contributed by atoms with Crippen molar-refractivity contribution >= 4 is 35.2 Å². The molecule has 1 fully saturated rings. The van der Waals surface area contributed by atoms with Crippen molar-refractivity contribution in [2.45, 2.75) is 63.4 Å². The Morgan fingerprint density at radius 2 is 1.72 bits per heavy atom. The fourth-order valence-corrected chi connectivity index (χ4v) is 4.99. The van der Waals surface area contributed by atoms with E-state index < -0.39 is 6.04 Å². The molecule has 0 aliphatic heterocycles. The lowest BCUT2D eigenvalue weighted by Gasteiger charge is -2.31. The number of halogens is 2. The largest absolute Gasteiger partial charge is 0.352 e. The monoisotopic (exact) mass is 476 g/mol. The lowest BCUT2D eigenvalue weighted by molar-refractivity contribution is -0.139. The highest BCUT2D eigenvalue weighted by Crippen LogP contribution is 2.21. The van der Waals surface area contributed by atoms with E-state index in [1.807, 2.05) is 19.1 Å². The van der Waals surface area contributed by atoms with Crippen LogP contribution in [0, 0.1) is 5.82 Å². The van der Waals surface area contributed by atoms with Gasteiger partial charge in [-0.05, 0) is 54.7 Å². The predicted octanol–water partition coefficient (Wildman–Crippen LogP) is 5.58. The third-order valence-electron chi connectivity index (χ3n) is 5.76. The summed E-state index contributed by atoms with van der Waals surface area (Å²) < 4.78 is 13.1. The van der Waals surface area contributed by atoms with Crippen LogP contribution in [0.2, 0.25) is 5.02 Å². The highest BCUT2D eigenvalue weighted by molar-refractivity contribution is 7.99. The molecule has 2 aromatic carbocycles. The highest BCUT2D eigenvalue weighted by atomic mass is 35.5. The molecule has 0 bridgehead atoms. The molecule has 1 atom stereocenters. The molecule has 3 rings (SSSR count). The Labute approximate surface area is 198 Å². The number of amides is 2. The molecule has 1 unspecified atom stereocenters. The summed E-state index contributed by atoms with van der Waals surface area (Å²) in [5, 5.41) is 3.78. The van der Waals surface area contributed by atoms with E-state index in [-0.39, 0.29) is 29.4 Å². The first-order chi connectivity index (χ1) is 15.5. The fraction of sp³-hybridized carbons (Fsp3) is 0.440. The van der Waals surface area contributed by atoms with Crippen LogP contribution in [-0.4, -0.2) is 34.6 Å². The Morgan fingerprint density at radius 3 is 2.34 bits per heavy atom. The van der Waals surface area contributed by atoms with Crippen molar-refractivity contribution < 1.29 is 14.0 Å². The zero-order chi connectivity index (χ0) is 22.9. The maximum Gasteiger partial charge on any atom is 0.243 e. The van der Waals surface area contributed by atoms with E-state index in [1.165, 1.54) is 23.9 Å². The van der Waals surface area contributed by atoms with Gasteiger partial charge in [0.1, 0.15) is 11.9 Å². The molecule has 32 heavy (non-hydrogen) atoms. The predicted molar refractivity (Wildman–Crippen MR) is 129 cm³/mol. The molecular formula is C25H30ClFN2O2S. The van der Waals surface area contributed by atoms with Crippen LogP contribution in [0.3, 0.4) is 0 Å². The van der Waals surface area contributed by atoms with Gasteiger partial charge in [-0.1, -0.05) is 55.6 Å². The van der Waals surface area contributed by atoms with E-state index >= 15 is 0 Å². The third-order valence-corrected chi connectivity index (χ3v) is 7.00. The minimum Gasteiger partial charge on any atom is -0.352 e. The molecular weight excluding hydrogens is 447 g/mol. The molecule has 2 amide bonds. The topological polar surface area (TPSA) is 49.4 Å². The summed E-state index contributed by atoms with van der Waals surface area (Å²) in [5.74, 6) is 0.415. The maximum absolute atomic E-state index is 13.2. The molecule has 0 heterocycles. The van der Waals surface area contributed by atoms with Crippen molar-refractivity contribution in [1.29, 1.82) is 0 Å². The van der Waals surface area contributed by atoms with Gasteiger partial charge in [-0.25, -0.2) is 4.39 Å². The van der Waals surface area contributed by atoms with E-state index in [9.17, 15) is 14.0 Å². The number of nitrogens with zero attached hydrogens (tertiary/aromatic N) is 1. The minimum atomic E-state index is -0.523. The first-order valence-corrected chi connectivity index (χ1v) is 12.7. The molecule has 1 N–H and O–H groups in total. The minimum absolute atomic E-state index is 0.0785. The van der Waals surface area contributed by atoms with Crippen LogP contribution >= 0.6 is 23.4 Å². The van der Waals surface area contributed by atoms with Gasteiger partial charge in [-0.2, -0.15) is 0 Å². The Bertz CT molecular complexity index is 886. The number of carbonyl (C=O) groups is 2. The second-order valence-corrected chi connectivity index (χ2v) is 9.60. The van der Waals surface area contributed by atoms with Crippen LogP contribution in [0.4, 0.5) is 4.39 Å². The quantitative estimate of drug-likeness (QED) is 0.487. The molecule has 1 saturated carbocycles. The maximum atomic E-state index is 13.2. The summed E-state index contributed by atoms with van der Waals surface area (Å²) in [6, 6.07) is 13.3. The van der Waals surface area contributed by atoms with Gasteiger partial charge in [-0.15, -0.1) is 11.8 Å². The Balaban J connectivity index is 1.68. The molecule has 4 nitrogen and oxygen atoms in total. The van der Waals surface area contributed by atoms with Gasteiger partial charge >= 0.3 is 0 Å². The summed E-state index contributed by atoms with van der Waals surface area (Å²) in [6.45, 7) is 2.29. The normalized spacial score (nSPS) is 14.8. The van der Waals surface area contributed by atoms with Gasteiger partial charge in [0.2, 0.25) is 11.8 Å². The van der Waals surface area contributed by atoms with Gasteiger partial charge < -0.3 is 10.2 Å². The molecule has 0 aromatic heterocycles. The second kappa shape index (κ2) is 12.3. The molecule has 0 saturated heterocycles. The average molecular weight is 477 g/mol. The number of hydrogen-bond donors (Lipinski definition) is 1. The molecule has 2 aromatic rings. The fourth-order valence-electron chi connectivity index (χ4n) is 3.99. The van der Waals surface area contributed by atoms with Crippen LogP contribution in [0.15, 0.2) is 48.5 Å². The van der Waals surface area contributed by atoms with Crippen molar-refractivity contribution in [2.24, 2.45) is 0 Å². The molecule has 7 heteroatoms. The van der Waals surface area contributed by atoms with Gasteiger partial charge in [0.25, 0.3) is 0 Å². The van der Waals surface area contributed by atoms with Crippen molar-refractivity contribution in [2.75, 3.05) is 5.75 Å². The van der Waals surface area contributed by atoms with E-state index in [1.54, 1.807) is 29.2 Å². The second-order valence-electron chi connectivity index (χ2n) is 8.18. The number of hydrogen-bond acceptors (Lipinski definition) is 3. The van der Waals surface area contributed by atoms with Gasteiger partial charge in [0.05, 0.1) is 5.75 Å². The van der Waals surface area contributed by atoms with Crippen molar-refractivity contribution in [3.63, 3.8) is 0 Å². The first-order valence-electron chi connectivity index (χ1n) is 11.1. The lowest BCUT2D eigenvalue weighted by Crippen LogP contribution is -2.51. The summed E-state index contributed by atoms with van der Waals surface area (Å²) in [4.78, 5) is 28.0. The zero-order valence-corrected chi connectivity index (χ0v) is 19.9. The van der Waals surface area contributed by atoms with Gasteiger partial charge in [0.15, 0.2) is 0 Å².